The number of cyclic esters (lactones) is 1. The molecule has 160 valence electrons. The fraction of sp³-hybridized carbons (Fsp3) is 0.458. The van der Waals surface area contributed by atoms with E-state index in [9.17, 15) is 9.90 Å². The van der Waals surface area contributed by atoms with E-state index in [4.69, 9.17) is 10.00 Å². The minimum atomic E-state index is -0.589. The van der Waals surface area contributed by atoms with Gasteiger partial charge in [-0.2, -0.15) is 5.26 Å². The van der Waals surface area contributed by atoms with E-state index in [-0.39, 0.29) is 5.97 Å². The molecule has 2 bridgehead atoms. The van der Waals surface area contributed by atoms with Gasteiger partial charge in [0.2, 0.25) is 0 Å². The Morgan fingerprint density at radius 3 is 2.74 bits per heavy atom. The number of esters is 1. The van der Waals surface area contributed by atoms with Crippen LogP contribution < -0.4 is 5.32 Å². The van der Waals surface area contributed by atoms with Gasteiger partial charge in [0.05, 0.1) is 17.2 Å². The average molecular weight is 418 g/mol. The third-order valence-corrected chi connectivity index (χ3v) is 7.08. The molecule has 7 heteroatoms. The molecule has 5 rings (SSSR count). The number of pyridine rings is 1. The highest BCUT2D eigenvalue weighted by atomic mass is 16.5. The normalized spacial score (nSPS) is 25.6. The van der Waals surface area contributed by atoms with Crippen LogP contribution in [-0.4, -0.2) is 45.6 Å². The van der Waals surface area contributed by atoms with Gasteiger partial charge >= 0.3 is 5.97 Å². The number of rotatable bonds is 5. The summed E-state index contributed by atoms with van der Waals surface area (Å²) in [7, 11) is 0. The second kappa shape index (κ2) is 7.95. The van der Waals surface area contributed by atoms with E-state index in [0.717, 1.165) is 48.2 Å². The number of aromatic nitrogens is 1. The van der Waals surface area contributed by atoms with Gasteiger partial charge in [0.1, 0.15) is 18.5 Å². The number of hydrogen-bond acceptors (Lipinski definition) is 7. The van der Waals surface area contributed by atoms with Crippen molar-refractivity contribution in [2.45, 2.75) is 63.4 Å². The van der Waals surface area contributed by atoms with Gasteiger partial charge in [-0.3, -0.25) is 4.90 Å². The number of anilines is 1. The van der Waals surface area contributed by atoms with Crippen molar-refractivity contribution in [1.82, 2.24) is 9.88 Å². The molecule has 0 aliphatic carbocycles. The molecule has 2 fully saturated rings. The zero-order valence-electron chi connectivity index (χ0n) is 17.5. The lowest BCUT2D eigenvalue weighted by Gasteiger charge is -2.40. The van der Waals surface area contributed by atoms with Crippen LogP contribution in [0.4, 0.5) is 5.82 Å². The Balaban J connectivity index is 1.25. The zero-order chi connectivity index (χ0) is 21.5. The lowest BCUT2D eigenvalue weighted by Crippen LogP contribution is -2.48. The number of aliphatic hydroxyl groups is 1. The molecule has 7 nitrogen and oxygen atoms in total. The molecule has 2 saturated heterocycles. The lowest BCUT2D eigenvalue weighted by atomic mass is 9.93. The largest absolute Gasteiger partial charge is 0.457 e. The van der Waals surface area contributed by atoms with Gasteiger partial charge < -0.3 is 15.2 Å². The van der Waals surface area contributed by atoms with Crippen LogP contribution in [-0.2, 0) is 11.3 Å². The van der Waals surface area contributed by atoms with Gasteiger partial charge in [0, 0.05) is 36.4 Å². The van der Waals surface area contributed by atoms with Crippen LogP contribution in [0, 0.1) is 18.3 Å². The molecule has 31 heavy (non-hydrogen) atoms. The quantitative estimate of drug-likeness (QED) is 0.720. The lowest BCUT2D eigenvalue weighted by molar-refractivity contribution is 0.0534. The maximum Gasteiger partial charge on any atom is 0.338 e. The number of ether oxygens (including phenoxy) is 1. The van der Waals surface area contributed by atoms with Crippen LogP contribution in [0.5, 0.6) is 0 Å². The topological polar surface area (TPSA) is 98.5 Å². The van der Waals surface area contributed by atoms with Crippen LogP contribution in [0.25, 0.3) is 0 Å². The summed E-state index contributed by atoms with van der Waals surface area (Å²) in [6.07, 6.45) is 5.31. The number of piperidine rings is 1. The van der Waals surface area contributed by atoms with Crippen molar-refractivity contribution < 1.29 is 14.6 Å². The standard InChI is InChI=1S/C24H26N4O3/c1-14-19(5-6-20-21(14)13-31-24(20)30)22(29)12-28-17-3-4-18(28)9-16(8-17)27-23-7-2-15(10-25)11-26-23/h2,5-7,11,16-18,22,29H,3-4,8-9,12-13H2,1H3,(H,26,27)/t16?,17-,18+,22-/m0/s1. The van der Waals surface area contributed by atoms with E-state index >= 15 is 0 Å². The Morgan fingerprint density at radius 2 is 2.06 bits per heavy atom. The summed E-state index contributed by atoms with van der Waals surface area (Å²) >= 11 is 0. The third kappa shape index (κ3) is 3.67. The van der Waals surface area contributed by atoms with Gasteiger partial charge in [-0.1, -0.05) is 6.07 Å². The summed E-state index contributed by atoms with van der Waals surface area (Å²) in [5.74, 6) is 0.533. The molecule has 3 aliphatic heterocycles. The molecule has 0 spiro atoms. The molecule has 1 unspecified atom stereocenters. The van der Waals surface area contributed by atoms with Crippen molar-refractivity contribution in [3.8, 4) is 6.07 Å². The van der Waals surface area contributed by atoms with E-state index in [1.54, 1.807) is 18.3 Å². The zero-order valence-corrected chi connectivity index (χ0v) is 17.5. The van der Waals surface area contributed by atoms with E-state index < -0.39 is 6.10 Å². The first kappa shape index (κ1) is 20.0. The summed E-state index contributed by atoms with van der Waals surface area (Å²) in [5, 5.41) is 23.5. The van der Waals surface area contributed by atoms with Crippen molar-refractivity contribution in [1.29, 1.82) is 5.26 Å². The van der Waals surface area contributed by atoms with Gasteiger partial charge in [-0.25, -0.2) is 9.78 Å². The SMILES string of the molecule is Cc1c([C@@H](O)CN2[C@@H]3CC[C@H]2CC(Nc2ccc(C#N)cn2)C3)ccc2c1COC2=O. The Morgan fingerprint density at radius 1 is 1.29 bits per heavy atom. The van der Waals surface area contributed by atoms with Crippen molar-refractivity contribution in [3.63, 3.8) is 0 Å². The van der Waals surface area contributed by atoms with Gasteiger partial charge in [0.15, 0.2) is 0 Å². The number of hydrogen-bond donors (Lipinski definition) is 2. The Hall–Kier alpha value is -2.95. The first-order valence-electron chi connectivity index (χ1n) is 10.9. The number of fused-ring (bicyclic) bond motifs is 3. The number of carbonyl (C=O) groups is 1. The summed E-state index contributed by atoms with van der Waals surface area (Å²) < 4.78 is 5.15. The Kier molecular flexibility index (Phi) is 5.12. The summed E-state index contributed by atoms with van der Waals surface area (Å²) in [6, 6.07) is 10.6. The second-order valence-corrected chi connectivity index (χ2v) is 8.84. The molecule has 0 radical (unpaired) electrons. The molecule has 1 aromatic heterocycles. The van der Waals surface area contributed by atoms with Crippen LogP contribution >= 0.6 is 0 Å². The molecule has 0 amide bonds. The van der Waals surface area contributed by atoms with E-state index in [1.807, 2.05) is 19.1 Å². The third-order valence-electron chi connectivity index (χ3n) is 7.08. The van der Waals surface area contributed by atoms with Crippen molar-refractivity contribution in [3.05, 3.63) is 58.3 Å². The maximum absolute atomic E-state index is 11.8. The molecule has 0 saturated carbocycles. The van der Waals surface area contributed by atoms with Crippen LogP contribution in [0.1, 0.15) is 64.4 Å². The molecular weight excluding hydrogens is 392 g/mol. The maximum atomic E-state index is 11.8. The fourth-order valence-electron chi connectivity index (χ4n) is 5.47. The first-order chi connectivity index (χ1) is 15.0. The Bertz CT molecular complexity index is 1030. The van der Waals surface area contributed by atoms with Gasteiger partial charge in [-0.05, 0) is 61.9 Å². The highest BCUT2D eigenvalue weighted by molar-refractivity contribution is 5.93. The highest BCUT2D eigenvalue weighted by Gasteiger charge is 2.41. The molecule has 2 aromatic rings. The summed E-state index contributed by atoms with van der Waals surface area (Å²) in [6.45, 7) is 2.87. The molecule has 4 heterocycles. The minimum absolute atomic E-state index is 0.275. The predicted molar refractivity (Wildman–Crippen MR) is 114 cm³/mol. The predicted octanol–water partition coefficient (Wildman–Crippen LogP) is 3.07. The van der Waals surface area contributed by atoms with Gasteiger partial charge in [-0.15, -0.1) is 0 Å². The average Bonchev–Trinajstić information content (AvgIpc) is 3.25. The monoisotopic (exact) mass is 418 g/mol. The second-order valence-electron chi connectivity index (χ2n) is 8.84. The molecule has 1 aromatic carbocycles. The highest BCUT2D eigenvalue weighted by Crippen LogP contribution is 2.38. The van der Waals surface area contributed by atoms with E-state index in [2.05, 4.69) is 21.3 Å². The van der Waals surface area contributed by atoms with Crippen LogP contribution in [0.2, 0.25) is 0 Å². The molecular formula is C24H26N4O3. The van der Waals surface area contributed by atoms with E-state index in [0.29, 0.717) is 42.4 Å². The number of carbonyl (C=O) groups excluding carboxylic acids is 1. The van der Waals surface area contributed by atoms with E-state index in [1.165, 1.54) is 0 Å². The number of nitrogens with one attached hydrogen (secondary N) is 1. The molecule has 2 N–H and O–H groups in total. The number of benzene rings is 1. The number of nitriles is 1. The minimum Gasteiger partial charge on any atom is -0.457 e. The number of nitrogens with zero attached hydrogens (tertiary/aromatic N) is 3. The first-order valence-corrected chi connectivity index (χ1v) is 10.9. The number of aliphatic hydroxyl groups excluding tert-OH is 1. The molecule has 3 aliphatic rings. The Labute approximate surface area is 181 Å². The van der Waals surface area contributed by atoms with Gasteiger partial charge in [0.25, 0.3) is 0 Å². The summed E-state index contributed by atoms with van der Waals surface area (Å²) in [5.41, 5.74) is 3.94. The van der Waals surface area contributed by atoms with Crippen LogP contribution in [0.15, 0.2) is 30.5 Å². The van der Waals surface area contributed by atoms with Crippen molar-refractivity contribution in [2.24, 2.45) is 0 Å². The molecule has 4 atom stereocenters. The van der Waals surface area contributed by atoms with Crippen molar-refractivity contribution in [2.75, 3.05) is 11.9 Å². The van der Waals surface area contributed by atoms with Crippen molar-refractivity contribution >= 4 is 11.8 Å². The fourth-order valence-corrected chi connectivity index (χ4v) is 5.47. The summed E-state index contributed by atoms with van der Waals surface area (Å²) in [4.78, 5) is 18.6. The van der Waals surface area contributed by atoms with Crippen LogP contribution in [0.3, 0.4) is 0 Å². The smallest absolute Gasteiger partial charge is 0.338 e.